The van der Waals surface area contributed by atoms with Gasteiger partial charge < -0.3 is 11.1 Å². The molecule has 0 spiro atoms. The Morgan fingerprint density at radius 1 is 1.61 bits per heavy atom. The number of hydrogen-bond donors (Lipinski definition) is 2. The predicted octanol–water partition coefficient (Wildman–Crippen LogP) is 1.80. The summed E-state index contributed by atoms with van der Waals surface area (Å²) in [5, 5.41) is 2.58. The van der Waals surface area contributed by atoms with Crippen LogP contribution in [0.1, 0.15) is 29.3 Å². The lowest BCUT2D eigenvalue weighted by Gasteiger charge is -2.25. The first-order valence-electron chi connectivity index (χ1n) is 5.49. The smallest absolute Gasteiger partial charge is 0.217 e. The number of benzene rings is 1. The van der Waals surface area contributed by atoms with E-state index in [1.54, 1.807) is 0 Å². The van der Waals surface area contributed by atoms with Crippen molar-refractivity contribution in [1.82, 2.24) is 5.32 Å². The SMILES string of the molecule is CC(=O)NC1CCc2c(Br)c(F)cc(N)c2C1=O. The van der Waals surface area contributed by atoms with Crippen molar-refractivity contribution in [2.45, 2.75) is 25.8 Å². The van der Waals surface area contributed by atoms with E-state index in [0.29, 0.717) is 24.0 Å². The second-order valence-corrected chi connectivity index (χ2v) is 5.06. The Bertz CT molecular complexity index is 545. The molecular weight excluding hydrogens is 303 g/mol. The third-order valence-electron chi connectivity index (χ3n) is 2.97. The molecule has 0 heterocycles. The predicted molar refractivity (Wildman–Crippen MR) is 68.8 cm³/mol. The molecule has 0 radical (unpaired) electrons. The molecule has 1 amide bonds. The molecule has 0 bridgehead atoms. The topological polar surface area (TPSA) is 72.2 Å². The molecule has 0 fully saturated rings. The number of nitrogens with one attached hydrogen (secondary N) is 1. The minimum Gasteiger partial charge on any atom is -0.398 e. The molecule has 2 rings (SSSR count). The maximum absolute atomic E-state index is 13.5. The number of amides is 1. The number of halogens is 2. The number of carbonyl (C=O) groups excluding carboxylic acids is 2. The summed E-state index contributed by atoms with van der Waals surface area (Å²) in [5.41, 5.74) is 6.71. The summed E-state index contributed by atoms with van der Waals surface area (Å²) in [7, 11) is 0. The maximum Gasteiger partial charge on any atom is 0.217 e. The van der Waals surface area contributed by atoms with E-state index in [4.69, 9.17) is 5.73 Å². The van der Waals surface area contributed by atoms with E-state index in [1.807, 2.05) is 0 Å². The fraction of sp³-hybridized carbons (Fsp3) is 0.333. The lowest BCUT2D eigenvalue weighted by Crippen LogP contribution is -2.43. The Kier molecular flexibility index (Phi) is 3.38. The molecule has 1 aromatic rings. The Morgan fingerprint density at radius 3 is 2.89 bits per heavy atom. The van der Waals surface area contributed by atoms with Crippen LogP contribution < -0.4 is 11.1 Å². The van der Waals surface area contributed by atoms with Crippen molar-refractivity contribution in [2.24, 2.45) is 0 Å². The molecule has 1 aliphatic carbocycles. The third-order valence-corrected chi connectivity index (χ3v) is 3.83. The van der Waals surface area contributed by atoms with E-state index in [9.17, 15) is 14.0 Å². The van der Waals surface area contributed by atoms with Crippen LogP contribution in [-0.4, -0.2) is 17.7 Å². The molecule has 1 atom stereocenters. The van der Waals surface area contributed by atoms with Crippen LogP contribution in [-0.2, 0) is 11.2 Å². The monoisotopic (exact) mass is 314 g/mol. The minimum atomic E-state index is -0.574. The lowest BCUT2D eigenvalue weighted by molar-refractivity contribution is -0.119. The average Bonchev–Trinajstić information content (AvgIpc) is 2.28. The molecule has 1 aliphatic rings. The van der Waals surface area contributed by atoms with Crippen LogP contribution in [0.3, 0.4) is 0 Å². The van der Waals surface area contributed by atoms with E-state index in [0.717, 1.165) is 6.07 Å². The lowest BCUT2D eigenvalue weighted by atomic mass is 9.86. The van der Waals surface area contributed by atoms with Crippen LogP contribution in [0.2, 0.25) is 0 Å². The molecule has 0 saturated heterocycles. The van der Waals surface area contributed by atoms with Gasteiger partial charge in [-0.2, -0.15) is 0 Å². The largest absolute Gasteiger partial charge is 0.398 e. The Labute approximate surface area is 112 Å². The van der Waals surface area contributed by atoms with Gasteiger partial charge in [0.1, 0.15) is 5.82 Å². The van der Waals surface area contributed by atoms with Crippen molar-refractivity contribution in [3.8, 4) is 0 Å². The molecule has 0 saturated carbocycles. The zero-order chi connectivity index (χ0) is 13.4. The van der Waals surface area contributed by atoms with E-state index >= 15 is 0 Å². The van der Waals surface area contributed by atoms with E-state index in [2.05, 4.69) is 21.2 Å². The van der Waals surface area contributed by atoms with Crippen molar-refractivity contribution in [2.75, 3.05) is 5.73 Å². The second-order valence-electron chi connectivity index (χ2n) is 4.27. The van der Waals surface area contributed by atoms with Gasteiger partial charge in [-0.25, -0.2) is 4.39 Å². The highest BCUT2D eigenvalue weighted by Crippen LogP contribution is 2.34. The summed E-state index contributed by atoms with van der Waals surface area (Å²) < 4.78 is 13.8. The quantitative estimate of drug-likeness (QED) is 0.776. The van der Waals surface area contributed by atoms with Gasteiger partial charge in [-0.3, -0.25) is 9.59 Å². The Balaban J connectivity index is 2.47. The highest BCUT2D eigenvalue weighted by Gasteiger charge is 2.32. The first-order chi connectivity index (χ1) is 8.41. The van der Waals surface area contributed by atoms with Crippen LogP contribution in [0, 0.1) is 5.82 Å². The number of Topliss-reactive ketones (excluding diaryl/α,β-unsaturated/α-hetero) is 1. The first-order valence-corrected chi connectivity index (χ1v) is 6.28. The van der Waals surface area contributed by atoms with Gasteiger partial charge >= 0.3 is 0 Å². The van der Waals surface area contributed by atoms with Crippen molar-refractivity contribution in [1.29, 1.82) is 0 Å². The average molecular weight is 315 g/mol. The minimum absolute atomic E-state index is 0.116. The van der Waals surface area contributed by atoms with Crippen LogP contribution >= 0.6 is 15.9 Å². The molecule has 18 heavy (non-hydrogen) atoms. The van der Waals surface area contributed by atoms with Gasteiger partial charge in [-0.1, -0.05) is 0 Å². The summed E-state index contributed by atoms with van der Waals surface area (Å²) >= 11 is 3.13. The highest BCUT2D eigenvalue weighted by molar-refractivity contribution is 9.10. The summed E-state index contributed by atoms with van der Waals surface area (Å²) in [6, 6.07) is 0.548. The standard InChI is InChI=1S/C12H12BrFN2O2/c1-5(17)16-9-3-2-6-10(12(9)18)8(15)4-7(14)11(6)13/h4,9H,2-3,15H2,1H3,(H,16,17). The number of anilines is 1. The van der Waals surface area contributed by atoms with Crippen LogP contribution in [0.25, 0.3) is 0 Å². The van der Waals surface area contributed by atoms with Gasteiger partial charge in [0.15, 0.2) is 5.78 Å². The fourth-order valence-electron chi connectivity index (χ4n) is 2.20. The highest BCUT2D eigenvalue weighted by atomic mass is 79.9. The van der Waals surface area contributed by atoms with E-state index in [1.165, 1.54) is 6.92 Å². The number of nitrogens with two attached hydrogens (primary N) is 1. The normalized spacial score (nSPS) is 18.4. The Morgan fingerprint density at radius 2 is 2.28 bits per heavy atom. The van der Waals surface area contributed by atoms with Crippen molar-refractivity contribution >= 4 is 33.3 Å². The molecule has 96 valence electrons. The molecule has 4 nitrogen and oxygen atoms in total. The number of ketones is 1. The molecule has 1 aromatic carbocycles. The summed E-state index contributed by atoms with van der Waals surface area (Å²) in [6.07, 6.45) is 0.946. The van der Waals surface area contributed by atoms with E-state index < -0.39 is 11.9 Å². The van der Waals surface area contributed by atoms with Crippen LogP contribution in [0.4, 0.5) is 10.1 Å². The van der Waals surface area contributed by atoms with E-state index in [-0.39, 0.29) is 21.9 Å². The van der Waals surface area contributed by atoms with Crippen LogP contribution in [0.15, 0.2) is 10.5 Å². The number of carbonyl (C=O) groups is 2. The van der Waals surface area contributed by atoms with Crippen molar-refractivity contribution < 1.29 is 14.0 Å². The molecule has 1 unspecified atom stereocenters. The molecule has 0 aliphatic heterocycles. The van der Waals surface area contributed by atoms with Crippen molar-refractivity contribution in [3.63, 3.8) is 0 Å². The zero-order valence-corrected chi connectivity index (χ0v) is 11.3. The van der Waals surface area contributed by atoms with Crippen LogP contribution in [0.5, 0.6) is 0 Å². The van der Waals surface area contributed by atoms with Gasteiger partial charge in [0, 0.05) is 18.2 Å². The summed E-state index contributed by atoms with van der Waals surface area (Å²) in [5.74, 6) is -1.00. The molecular formula is C12H12BrFN2O2. The van der Waals surface area contributed by atoms with Gasteiger partial charge in [0.05, 0.1) is 10.5 Å². The number of nitrogen functional groups attached to an aromatic ring is 1. The summed E-state index contributed by atoms with van der Waals surface area (Å²) in [4.78, 5) is 23.2. The molecule has 3 N–H and O–H groups in total. The van der Waals surface area contributed by atoms with Gasteiger partial charge in [0.25, 0.3) is 0 Å². The van der Waals surface area contributed by atoms with Crippen molar-refractivity contribution in [3.05, 3.63) is 27.5 Å². The zero-order valence-electron chi connectivity index (χ0n) is 9.72. The van der Waals surface area contributed by atoms with Gasteiger partial charge in [-0.05, 0) is 40.4 Å². The molecule has 6 heteroatoms. The number of fused-ring (bicyclic) bond motifs is 1. The summed E-state index contributed by atoms with van der Waals surface area (Å²) in [6.45, 7) is 1.35. The Hall–Kier alpha value is -1.43. The van der Waals surface area contributed by atoms with Gasteiger partial charge in [0.2, 0.25) is 5.91 Å². The maximum atomic E-state index is 13.5. The number of rotatable bonds is 1. The third kappa shape index (κ3) is 2.12. The fourth-order valence-corrected chi connectivity index (χ4v) is 2.71. The van der Waals surface area contributed by atoms with Gasteiger partial charge in [-0.15, -0.1) is 0 Å². The second kappa shape index (κ2) is 4.68. The first kappa shape index (κ1) is 13.0. The molecule has 0 aromatic heterocycles. The number of hydrogen-bond acceptors (Lipinski definition) is 3.